The molecule has 0 aromatic heterocycles. The van der Waals surface area contributed by atoms with Gasteiger partial charge < -0.3 is 14.7 Å². The topological polar surface area (TPSA) is 66.8 Å². The van der Waals surface area contributed by atoms with Crippen molar-refractivity contribution in [1.29, 1.82) is 0 Å². The summed E-state index contributed by atoms with van der Waals surface area (Å²) in [5.41, 5.74) is 1.29. The fourth-order valence-corrected chi connectivity index (χ4v) is 4.77. The highest BCUT2D eigenvalue weighted by Gasteiger charge is 2.56. The first-order valence-electron chi connectivity index (χ1n) is 9.12. The Morgan fingerprint density at radius 1 is 1.38 bits per heavy atom. The molecule has 5 nitrogen and oxygen atoms in total. The monoisotopic (exact) mass is 375 g/mol. The minimum atomic E-state index is -0.703. The predicted octanol–water partition coefficient (Wildman–Crippen LogP) is 3.09. The summed E-state index contributed by atoms with van der Waals surface area (Å²) in [6.07, 6.45) is 2.06. The number of unbranched alkanes of at least 4 members (excludes halogenated alkanes) is 1. The number of carbonyl (C=O) groups excluding carboxylic acids is 2. The minimum Gasteiger partial charge on any atom is -0.456 e. The van der Waals surface area contributed by atoms with Crippen LogP contribution in [-0.4, -0.2) is 39.8 Å². The molecule has 3 rings (SSSR count). The van der Waals surface area contributed by atoms with Crippen molar-refractivity contribution in [2.24, 2.45) is 5.92 Å². The third-order valence-electron chi connectivity index (χ3n) is 4.87. The summed E-state index contributed by atoms with van der Waals surface area (Å²) in [5, 5.41) is 9.88. The van der Waals surface area contributed by atoms with Crippen LogP contribution in [0.5, 0.6) is 0 Å². The molecule has 0 saturated carbocycles. The average Bonchev–Trinajstić information content (AvgIpc) is 2.94. The van der Waals surface area contributed by atoms with Crippen molar-refractivity contribution in [3.05, 3.63) is 46.5 Å². The first-order valence-corrected chi connectivity index (χ1v) is 10.1. The molecule has 1 fully saturated rings. The Hall–Kier alpha value is -1.79. The van der Waals surface area contributed by atoms with Gasteiger partial charge in [0.15, 0.2) is 0 Å². The maximum atomic E-state index is 12.7. The molecule has 1 aromatic carbocycles. The van der Waals surface area contributed by atoms with E-state index in [1.165, 1.54) is 0 Å². The van der Waals surface area contributed by atoms with Crippen LogP contribution in [0.1, 0.15) is 38.7 Å². The summed E-state index contributed by atoms with van der Waals surface area (Å²) < 4.78 is 5.48. The summed E-state index contributed by atoms with van der Waals surface area (Å²) in [6, 6.07) is 9.37. The zero-order chi connectivity index (χ0) is 18.7. The molecule has 0 bridgehead atoms. The van der Waals surface area contributed by atoms with Crippen molar-refractivity contribution >= 4 is 23.6 Å². The summed E-state index contributed by atoms with van der Waals surface area (Å²) in [4.78, 5) is 27.6. The SMILES string of the molecule is CCCCSC1=C(C(=O)OCc2ccccc2)N2C(=O)C(C(C)O)C2C1. The van der Waals surface area contributed by atoms with E-state index in [1.807, 2.05) is 30.3 Å². The van der Waals surface area contributed by atoms with Crippen molar-refractivity contribution in [2.75, 3.05) is 5.75 Å². The molecular weight excluding hydrogens is 350 g/mol. The molecule has 1 amide bonds. The molecule has 3 atom stereocenters. The number of amides is 1. The van der Waals surface area contributed by atoms with Gasteiger partial charge in [-0.15, -0.1) is 11.8 Å². The lowest BCUT2D eigenvalue weighted by molar-refractivity contribution is -0.162. The third kappa shape index (κ3) is 3.67. The number of hydrogen-bond acceptors (Lipinski definition) is 5. The Morgan fingerprint density at radius 2 is 2.12 bits per heavy atom. The Labute approximate surface area is 158 Å². The first kappa shape index (κ1) is 19.0. The van der Waals surface area contributed by atoms with E-state index in [0.717, 1.165) is 29.1 Å². The van der Waals surface area contributed by atoms with Gasteiger partial charge in [-0.25, -0.2) is 4.79 Å². The molecule has 0 radical (unpaired) electrons. The smallest absolute Gasteiger partial charge is 0.356 e. The molecule has 1 aromatic rings. The molecule has 2 aliphatic heterocycles. The molecule has 26 heavy (non-hydrogen) atoms. The Morgan fingerprint density at radius 3 is 2.77 bits per heavy atom. The number of hydrogen-bond donors (Lipinski definition) is 1. The van der Waals surface area contributed by atoms with Gasteiger partial charge in [0.1, 0.15) is 12.3 Å². The summed E-state index contributed by atoms with van der Waals surface area (Å²) in [6.45, 7) is 3.94. The van der Waals surface area contributed by atoms with Crippen LogP contribution in [0.25, 0.3) is 0 Å². The van der Waals surface area contributed by atoms with E-state index in [0.29, 0.717) is 12.1 Å². The highest BCUT2D eigenvalue weighted by molar-refractivity contribution is 8.03. The van der Waals surface area contributed by atoms with Gasteiger partial charge in [0, 0.05) is 11.3 Å². The molecule has 2 aliphatic rings. The zero-order valence-corrected chi connectivity index (χ0v) is 16.0. The van der Waals surface area contributed by atoms with Crippen molar-refractivity contribution in [3.63, 3.8) is 0 Å². The summed E-state index contributed by atoms with van der Waals surface area (Å²) >= 11 is 1.63. The van der Waals surface area contributed by atoms with Crippen molar-refractivity contribution in [1.82, 2.24) is 4.90 Å². The van der Waals surface area contributed by atoms with E-state index in [1.54, 1.807) is 23.6 Å². The number of benzene rings is 1. The van der Waals surface area contributed by atoms with Crippen LogP contribution in [0.3, 0.4) is 0 Å². The fourth-order valence-electron chi connectivity index (χ4n) is 3.48. The van der Waals surface area contributed by atoms with Crippen LogP contribution in [-0.2, 0) is 20.9 Å². The van der Waals surface area contributed by atoms with Gasteiger partial charge in [0.2, 0.25) is 5.91 Å². The van der Waals surface area contributed by atoms with Crippen molar-refractivity contribution in [3.8, 4) is 0 Å². The number of fused-ring (bicyclic) bond motifs is 1. The molecular formula is C20H25NO4S. The van der Waals surface area contributed by atoms with E-state index in [4.69, 9.17) is 4.74 Å². The average molecular weight is 375 g/mol. The second-order valence-corrected chi connectivity index (χ2v) is 7.97. The second kappa shape index (κ2) is 8.27. The Balaban J connectivity index is 1.74. The maximum absolute atomic E-state index is 12.7. The van der Waals surface area contributed by atoms with E-state index in [-0.39, 0.29) is 18.6 Å². The summed E-state index contributed by atoms with van der Waals surface area (Å²) in [5.74, 6) is -0.137. The van der Waals surface area contributed by atoms with Crippen molar-refractivity contribution < 1.29 is 19.4 Å². The largest absolute Gasteiger partial charge is 0.456 e. The molecule has 0 aliphatic carbocycles. The van der Waals surface area contributed by atoms with E-state index in [2.05, 4.69) is 6.92 Å². The van der Waals surface area contributed by atoms with Crippen LogP contribution in [0.4, 0.5) is 0 Å². The second-order valence-electron chi connectivity index (χ2n) is 6.78. The molecule has 3 unspecified atom stereocenters. The number of rotatable bonds is 8. The normalized spacial score (nSPS) is 22.9. The van der Waals surface area contributed by atoms with Crippen molar-refractivity contribution in [2.45, 2.75) is 51.9 Å². The number of carbonyl (C=O) groups is 2. The number of esters is 1. The van der Waals surface area contributed by atoms with E-state index >= 15 is 0 Å². The Bertz CT molecular complexity index is 701. The van der Waals surface area contributed by atoms with Crippen LogP contribution in [0, 0.1) is 5.92 Å². The third-order valence-corrected chi connectivity index (χ3v) is 6.07. The minimum absolute atomic E-state index is 0.120. The molecule has 2 heterocycles. The van der Waals surface area contributed by atoms with Gasteiger partial charge >= 0.3 is 5.97 Å². The predicted molar refractivity (Wildman–Crippen MR) is 101 cm³/mol. The number of thioether (sulfide) groups is 1. The molecule has 140 valence electrons. The van der Waals surface area contributed by atoms with E-state index in [9.17, 15) is 14.7 Å². The first-order chi connectivity index (χ1) is 12.5. The molecule has 1 saturated heterocycles. The number of aliphatic hydroxyl groups is 1. The lowest BCUT2D eigenvalue weighted by Gasteiger charge is -2.44. The highest BCUT2D eigenvalue weighted by Crippen LogP contribution is 2.47. The van der Waals surface area contributed by atoms with Gasteiger partial charge in [0.05, 0.1) is 18.1 Å². The fraction of sp³-hybridized carbons (Fsp3) is 0.500. The quantitative estimate of drug-likeness (QED) is 0.430. The zero-order valence-electron chi connectivity index (χ0n) is 15.2. The van der Waals surface area contributed by atoms with Gasteiger partial charge in [-0.2, -0.15) is 0 Å². The van der Waals surface area contributed by atoms with Gasteiger partial charge in [-0.05, 0) is 24.7 Å². The number of ether oxygens (including phenoxy) is 1. The van der Waals surface area contributed by atoms with Gasteiger partial charge in [-0.3, -0.25) is 4.79 Å². The maximum Gasteiger partial charge on any atom is 0.356 e. The van der Waals surface area contributed by atoms with Crippen LogP contribution >= 0.6 is 11.8 Å². The number of β-lactam (4-membered cyclic amide) rings is 1. The van der Waals surface area contributed by atoms with Crippen LogP contribution < -0.4 is 0 Å². The Kier molecular flexibility index (Phi) is 6.04. The molecule has 1 N–H and O–H groups in total. The lowest BCUT2D eigenvalue weighted by atomic mass is 9.83. The van der Waals surface area contributed by atoms with Crippen LogP contribution in [0.15, 0.2) is 40.9 Å². The van der Waals surface area contributed by atoms with Crippen LogP contribution in [0.2, 0.25) is 0 Å². The molecule has 6 heteroatoms. The number of nitrogens with zero attached hydrogens (tertiary/aromatic N) is 1. The number of aliphatic hydroxyl groups excluding tert-OH is 1. The highest BCUT2D eigenvalue weighted by atomic mass is 32.2. The standard InChI is InChI=1S/C20H25NO4S/c1-3-4-10-26-16-11-15-17(13(2)22)19(23)21(15)18(16)20(24)25-12-14-8-6-5-7-9-14/h5-9,13,15,17,22H,3-4,10-12H2,1-2H3. The van der Waals surface area contributed by atoms with E-state index < -0.39 is 18.0 Å². The van der Waals surface area contributed by atoms with Gasteiger partial charge in [0.25, 0.3) is 0 Å². The summed E-state index contributed by atoms with van der Waals surface area (Å²) in [7, 11) is 0. The van der Waals surface area contributed by atoms with Gasteiger partial charge in [-0.1, -0.05) is 43.7 Å². The lowest BCUT2D eigenvalue weighted by Crippen LogP contribution is -2.61. The molecule has 0 spiro atoms.